The average molecular weight is 299 g/mol. The van der Waals surface area contributed by atoms with E-state index in [1.54, 1.807) is 25.2 Å². The third-order valence-corrected chi connectivity index (χ3v) is 4.14. The van der Waals surface area contributed by atoms with Crippen molar-refractivity contribution in [2.45, 2.75) is 18.9 Å². The van der Waals surface area contributed by atoms with Gasteiger partial charge in [-0.1, -0.05) is 0 Å². The van der Waals surface area contributed by atoms with Crippen molar-refractivity contribution in [3.63, 3.8) is 0 Å². The van der Waals surface area contributed by atoms with Crippen LogP contribution in [0.5, 0.6) is 0 Å². The molecule has 6 heteroatoms. The minimum absolute atomic E-state index is 0.0600. The van der Waals surface area contributed by atoms with E-state index in [1.807, 2.05) is 30.9 Å². The van der Waals surface area contributed by atoms with E-state index in [0.717, 1.165) is 31.6 Å². The topological polar surface area (TPSA) is 54.3 Å². The summed E-state index contributed by atoms with van der Waals surface area (Å²) >= 11 is 0. The molecule has 0 unspecified atom stereocenters. The average Bonchev–Trinajstić information content (AvgIpc) is 3.09. The molecule has 0 spiro atoms. The van der Waals surface area contributed by atoms with E-state index in [1.165, 1.54) is 0 Å². The van der Waals surface area contributed by atoms with Crippen molar-refractivity contribution in [3.8, 4) is 0 Å². The first-order chi connectivity index (χ1) is 10.6. The highest BCUT2D eigenvalue weighted by Crippen LogP contribution is 2.26. The summed E-state index contributed by atoms with van der Waals surface area (Å²) in [6.45, 7) is 1.95. The second-order valence-corrected chi connectivity index (χ2v) is 5.83. The zero-order chi connectivity index (χ0) is 15.5. The van der Waals surface area contributed by atoms with Gasteiger partial charge in [0.25, 0.3) is 5.91 Å². The highest BCUT2D eigenvalue weighted by molar-refractivity contribution is 5.92. The van der Waals surface area contributed by atoms with Crippen LogP contribution < -0.4 is 4.90 Å². The molecule has 0 bridgehead atoms. The molecule has 1 amide bonds. The number of hydrogen-bond donors (Lipinski definition) is 0. The van der Waals surface area contributed by atoms with E-state index in [4.69, 9.17) is 0 Å². The maximum atomic E-state index is 12.0. The van der Waals surface area contributed by atoms with Gasteiger partial charge < -0.3 is 14.4 Å². The zero-order valence-corrected chi connectivity index (χ0v) is 13.0. The normalized spacial score (nSPS) is 15.8. The van der Waals surface area contributed by atoms with Gasteiger partial charge >= 0.3 is 0 Å². The van der Waals surface area contributed by atoms with Crippen LogP contribution in [0.2, 0.25) is 0 Å². The number of anilines is 1. The molecule has 22 heavy (non-hydrogen) atoms. The second-order valence-electron chi connectivity index (χ2n) is 5.83. The van der Waals surface area contributed by atoms with Crippen LogP contribution in [-0.2, 0) is 0 Å². The van der Waals surface area contributed by atoms with Gasteiger partial charge in [-0.3, -0.25) is 9.78 Å². The molecule has 6 nitrogen and oxygen atoms in total. The smallest absolute Gasteiger partial charge is 0.272 e. The molecule has 3 rings (SSSR count). The molecule has 0 saturated carbocycles. The number of carbonyl (C=O) groups is 1. The Bertz CT molecular complexity index is 630. The Balaban J connectivity index is 1.68. The van der Waals surface area contributed by atoms with E-state index in [-0.39, 0.29) is 5.91 Å². The van der Waals surface area contributed by atoms with Crippen LogP contribution in [-0.4, -0.2) is 52.5 Å². The van der Waals surface area contributed by atoms with Gasteiger partial charge in [-0.25, -0.2) is 4.98 Å². The van der Waals surface area contributed by atoms with E-state index >= 15 is 0 Å². The maximum Gasteiger partial charge on any atom is 0.272 e. The molecule has 0 aromatic carbocycles. The molecule has 1 aliphatic heterocycles. The number of nitrogens with zero attached hydrogens (tertiary/aromatic N) is 5. The Kier molecular flexibility index (Phi) is 4.09. The van der Waals surface area contributed by atoms with Crippen molar-refractivity contribution >= 4 is 11.6 Å². The molecule has 3 heterocycles. The lowest BCUT2D eigenvalue weighted by Crippen LogP contribution is -2.34. The molecule has 0 atom stereocenters. The largest absolute Gasteiger partial charge is 0.371 e. The first-order valence-electron chi connectivity index (χ1n) is 7.55. The van der Waals surface area contributed by atoms with E-state index < -0.39 is 0 Å². The number of carbonyl (C=O) groups excluding carboxylic acids is 1. The first-order valence-corrected chi connectivity index (χ1v) is 7.55. The highest BCUT2D eigenvalue weighted by Gasteiger charge is 2.21. The summed E-state index contributed by atoms with van der Waals surface area (Å²) in [5, 5.41) is 0. The molecule has 1 fully saturated rings. The van der Waals surface area contributed by atoms with Crippen molar-refractivity contribution in [1.29, 1.82) is 0 Å². The third kappa shape index (κ3) is 2.95. The van der Waals surface area contributed by atoms with Crippen LogP contribution in [0.25, 0.3) is 0 Å². The van der Waals surface area contributed by atoms with E-state index in [2.05, 4.69) is 19.4 Å². The first kappa shape index (κ1) is 14.6. The lowest BCUT2D eigenvalue weighted by Gasteiger charge is -2.34. The predicted molar refractivity (Wildman–Crippen MR) is 85.0 cm³/mol. The molecule has 0 radical (unpaired) electrons. The van der Waals surface area contributed by atoms with Crippen LogP contribution >= 0.6 is 0 Å². The van der Waals surface area contributed by atoms with Gasteiger partial charge in [-0.05, 0) is 25.0 Å². The van der Waals surface area contributed by atoms with Crippen LogP contribution in [0.15, 0.2) is 37.1 Å². The van der Waals surface area contributed by atoms with Crippen LogP contribution in [0.1, 0.15) is 29.4 Å². The van der Waals surface area contributed by atoms with Crippen molar-refractivity contribution in [3.05, 3.63) is 42.7 Å². The third-order valence-electron chi connectivity index (χ3n) is 4.14. The number of piperidine rings is 1. The van der Waals surface area contributed by atoms with E-state index in [9.17, 15) is 4.79 Å². The van der Waals surface area contributed by atoms with Gasteiger partial charge in [0.15, 0.2) is 0 Å². The summed E-state index contributed by atoms with van der Waals surface area (Å²) in [5.41, 5.74) is 1.57. The Labute approximate surface area is 130 Å². The van der Waals surface area contributed by atoms with Crippen LogP contribution in [0, 0.1) is 0 Å². The quantitative estimate of drug-likeness (QED) is 0.867. The lowest BCUT2D eigenvalue weighted by atomic mass is 10.0. The fraction of sp³-hybridized carbons (Fsp3) is 0.438. The number of imidazole rings is 1. The summed E-state index contributed by atoms with van der Waals surface area (Å²) in [5.74, 6) is -0.0600. The predicted octanol–water partition coefficient (Wildman–Crippen LogP) is 1.82. The minimum atomic E-state index is -0.0600. The molecule has 1 aliphatic rings. The molecule has 0 aliphatic carbocycles. The summed E-state index contributed by atoms with van der Waals surface area (Å²) in [7, 11) is 3.49. The fourth-order valence-electron chi connectivity index (χ4n) is 2.87. The number of rotatable bonds is 3. The summed E-state index contributed by atoms with van der Waals surface area (Å²) < 4.78 is 2.19. The van der Waals surface area contributed by atoms with Crippen molar-refractivity contribution < 1.29 is 4.79 Å². The van der Waals surface area contributed by atoms with Crippen molar-refractivity contribution in [2.75, 3.05) is 32.1 Å². The molecule has 2 aromatic rings. The van der Waals surface area contributed by atoms with Gasteiger partial charge in [-0.15, -0.1) is 0 Å². The Morgan fingerprint density at radius 2 is 2.05 bits per heavy atom. The van der Waals surface area contributed by atoms with Crippen LogP contribution in [0.4, 0.5) is 5.69 Å². The van der Waals surface area contributed by atoms with E-state index in [0.29, 0.717) is 11.7 Å². The Morgan fingerprint density at radius 3 is 2.68 bits per heavy atom. The highest BCUT2D eigenvalue weighted by atomic mass is 16.2. The number of hydrogen-bond acceptors (Lipinski definition) is 4. The standard InChI is InChI=1S/C16H21N5O/c1-19(2)16(22)15-11-14(3-6-18-15)20-8-4-13(5-9-20)21-10-7-17-12-21/h3,6-7,10-13H,4-5,8-9H2,1-2H3. The minimum Gasteiger partial charge on any atom is -0.371 e. The van der Waals surface area contributed by atoms with Crippen LogP contribution in [0.3, 0.4) is 0 Å². The second kappa shape index (κ2) is 6.17. The molecule has 0 N–H and O–H groups in total. The molecular weight excluding hydrogens is 278 g/mol. The Hall–Kier alpha value is -2.37. The van der Waals surface area contributed by atoms with Gasteiger partial charge in [0.2, 0.25) is 0 Å². The van der Waals surface area contributed by atoms with Crippen molar-refractivity contribution in [1.82, 2.24) is 19.4 Å². The van der Waals surface area contributed by atoms with Gasteiger partial charge in [-0.2, -0.15) is 0 Å². The Morgan fingerprint density at radius 1 is 1.27 bits per heavy atom. The maximum absolute atomic E-state index is 12.0. The van der Waals surface area contributed by atoms with Gasteiger partial charge in [0.1, 0.15) is 5.69 Å². The number of amides is 1. The fourth-order valence-corrected chi connectivity index (χ4v) is 2.87. The van der Waals surface area contributed by atoms with Crippen molar-refractivity contribution in [2.24, 2.45) is 0 Å². The number of pyridine rings is 1. The molecule has 116 valence electrons. The van der Waals surface area contributed by atoms with Gasteiger partial charge in [0, 0.05) is 57.5 Å². The number of aromatic nitrogens is 3. The monoisotopic (exact) mass is 299 g/mol. The summed E-state index contributed by atoms with van der Waals surface area (Å²) in [6.07, 6.45) is 9.62. The molecule has 2 aromatic heterocycles. The summed E-state index contributed by atoms with van der Waals surface area (Å²) in [4.78, 5) is 24.2. The van der Waals surface area contributed by atoms with Gasteiger partial charge in [0.05, 0.1) is 6.33 Å². The molecule has 1 saturated heterocycles. The molecular formula is C16H21N5O. The zero-order valence-electron chi connectivity index (χ0n) is 13.0. The SMILES string of the molecule is CN(C)C(=O)c1cc(N2CCC(n3ccnc3)CC2)ccn1. The summed E-state index contributed by atoms with van der Waals surface area (Å²) in [6, 6.07) is 4.38. The lowest BCUT2D eigenvalue weighted by molar-refractivity contribution is 0.0822.